The van der Waals surface area contributed by atoms with E-state index in [9.17, 15) is 0 Å². The van der Waals surface area contributed by atoms with E-state index in [-0.39, 0.29) is 10.8 Å². The van der Waals surface area contributed by atoms with Crippen molar-refractivity contribution in [3.63, 3.8) is 0 Å². The topological polar surface area (TPSA) is 3.24 Å². The van der Waals surface area contributed by atoms with Crippen molar-refractivity contribution in [3.05, 3.63) is 235 Å². The maximum absolute atomic E-state index is 2.51. The Hall–Kier alpha value is -7.22. The summed E-state index contributed by atoms with van der Waals surface area (Å²) in [4.78, 5) is 2.51. The van der Waals surface area contributed by atoms with Crippen molar-refractivity contribution >= 4 is 17.1 Å². The molecule has 0 spiro atoms. The lowest BCUT2D eigenvalue weighted by atomic mass is 9.82. The van der Waals surface area contributed by atoms with Crippen LogP contribution < -0.4 is 4.90 Å². The number of benzene rings is 9. The fourth-order valence-electron chi connectivity index (χ4n) is 10.4. The first-order valence-corrected chi connectivity index (χ1v) is 21.5. The van der Waals surface area contributed by atoms with E-state index < -0.39 is 0 Å². The highest BCUT2D eigenvalue weighted by molar-refractivity contribution is 6.01. The quantitative estimate of drug-likeness (QED) is 0.156. The molecule has 11 rings (SSSR count). The van der Waals surface area contributed by atoms with Crippen LogP contribution in [0.3, 0.4) is 0 Å². The van der Waals surface area contributed by atoms with Gasteiger partial charge in [0.15, 0.2) is 0 Å². The minimum atomic E-state index is -0.154. The molecule has 2 aliphatic carbocycles. The fraction of sp³-hybridized carbons (Fsp3) is 0.100. The lowest BCUT2D eigenvalue weighted by molar-refractivity contribution is 0.660. The summed E-state index contributed by atoms with van der Waals surface area (Å²) in [5.41, 5.74) is 23.5. The largest absolute Gasteiger partial charge is 0.310 e. The summed E-state index contributed by atoms with van der Waals surface area (Å²) in [5, 5.41) is 0. The van der Waals surface area contributed by atoms with Gasteiger partial charge in [0, 0.05) is 27.8 Å². The number of hydrogen-bond donors (Lipinski definition) is 0. The lowest BCUT2D eigenvalue weighted by Crippen LogP contribution is -2.17. The number of anilines is 3. The molecule has 0 saturated heterocycles. The normalized spacial score (nSPS) is 13.8. The fourth-order valence-corrected chi connectivity index (χ4v) is 10.4. The van der Waals surface area contributed by atoms with Crippen LogP contribution in [0.25, 0.3) is 66.8 Å². The van der Waals surface area contributed by atoms with E-state index in [1.807, 2.05) is 0 Å². The molecule has 0 aliphatic heterocycles. The Morgan fingerprint density at radius 3 is 1.46 bits per heavy atom. The van der Waals surface area contributed by atoms with Gasteiger partial charge in [-0.3, -0.25) is 0 Å². The molecule has 0 bridgehead atoms. The summed E-state index contributed by atoms with van der Waals surface area (Å²) >= 11 is 0. The SMILES string of the molecule is CC1(C)c2ccccc2-c2cc(-c3cccc(N(c4ccc5c(c4)C(C)(C)c4ccccc4-5)c4cccc(-c5ccccc5)c4-c4ccccc4-c4ccccc4)c3)ccc21. The van der Waals surface area contributed by atoms with Crippen LogP contribution in [0.2, 0.25) is 0 Å². The Balaban J connectivity index is 1.16. The summed E-state index contributed by atoms with van der Waals surface area (Å²) in [5.74, 6) is 0. The van der Waals surface area contributed by atoms with Crippen molar-refractivity contribution < 1.29 is 0 Å². The van der Waals surface area contributed by atoms with Crippen LogP contribution >= 0.6 is 0 Å². The monoisotopic (exact) mass is 781 g/mol. The Kier molecular flexibility index (Phi) is 8.58. The maximum Gasteiger partial charge on any atom is 0.0546 e. The molecule has 0 unspecified atom stereocenters. The van der Waals surface area contributed by atoms with Gasteiger partial charge in [0.2, 0.25) is 0 Å². The molecule has 2 aliphatic rings. The van der Waals surface area contributed by atoms with Gasteiger partial charge < -0.3 is 4.90 Å². The first-order valence-electron chi connectivity index (χ1n) is 21.5. The van der Waals surface area contributed by atoms with Gasteiger partial charge >= 0.3 is 0 Å². The minimum Gasteiger partial charge on any atom is -0.310 e. The van der Waals surface area contributed by atoms with Gasteiger partial charge in [-0.15, -0.1) is 0 Å². The zero-order chi connectivity index (χ0) is 41.3. The molecule has 1 heteroatoms. The summed E-state index contributed by atoms with van der Waals surface area (Å²) in [6.07, 6.45) is 0. The molecule has 0 fully saturated rings. The molecule has 292 valence electrons. The van der Waals surface area contributed by atoms with Crippen molar-refractivity contribution in [1.82, 2.24) is 0 Å². The molecular weight excluding hydrogens is 735 g/mol. The summed E-state index contributed by atoms with van der Waals surface area (Å²) in [7, 11) is 0. The van der Waals surface area contributed by atoms with E-state index >= 15 is 0 Å². The van der Waals surface area contributed by atoms with Gasteiger partial charge in [-0.05, 0) is 120 Å². The van der Waals surface area contributed by atoms with Gasteiger partial charge in [-0.25, -0.2) is 0 Å². The molecule has 0 amide bonds. The molecule has 0 heterocycles. The highest BCUT2D eigenvalue weighted by Gasteiger charge is 2.37. The standard InChI is InChI=1S/C60H47N/c1-59(2)54-31-16-14-27-49(54)52-38-43(33-36-55(52)59)42-23-17-24-44(37-42)61(45-34-35-50-48-26-13-15-30-53(48)60(3,4)56(50)39-45)57-32-18-29-47(41-21-9-6-10-22-41)58(57)51-28-12-11-25-46(51)40-19-7-5-8-20-40/h5-39H,1-4H3. The Morgan fingerprint density at radius 2 is 0.754 bits per heavy atom. The summed E-state index contributed by atoms with van der Waals surface area (Å²) in [6.45, 7) is 9.45. The van der Waals surface area contributed by atoms with E-state index in [2.05, 4.69) is 245 Å². The predicted molar refractivity (Wildman–Crippen MR) is 258 cm³/mol. The van der Waals surface area contributed by atoms with E-state index in [1.165, 1.54) is 89.0 Å². The van der Waals surface area contributed by atoms with E-state index in [0.29, 0.717) is 0 Å². The van der Waals surface area contributed by atoms with Crippen LogP contribution in [0.1, 0.15) is 49.9 Å². The van der Waals surface area contributed by atoms with Gasteiger partial charge in [-0.1, -0.05) is 204 Å². The highest BCUT2D eigenvalue weighted by Crippen LogP contribution is 2.54. The smallest absolute Gasteiger partial charge is 0.0546 e. The summed E-state index contributed by atoms with van der Waals surface area (Å²) in [6, 6.07) is 78.7. The molecule has 0 aromatic heterocycles. The van der Waals surface area contributed by atoms with Crippen LogP contribution in [-0.2, 0) is 10.8 Å². The van der Waals surface area contributed by atoms with E-state index in [0.717, 1.165) is 17.1 Å². The van der Waals surface area contributed by atoms with Crippen molar-refractivity contribution in [1.29, 1.82) is 0 Å². The van der Waals surface area contributed by atoms with Gasteiger partial charge in [0.05, 0.1) is 5.69 Å². The Labute approximate surface area is 360 Å². The van der Waals surface area contributed by atoms with Crippen LogP contribution in [0.5, 0.6) is 0 Å². The maximum atomic E-state index is 2.51. The number of nitrogens with zero attached hydrogens (tertiary/aromatic N) is 1. The molecule has 0 atom stereocenters. The highest BCUT2D eigenvalue weighted by atomic mass is 15.1. The Bertz CT molecular complexity index is 3130. The van der Waals surface area contributed by atoms with Crippen LogP contribution in [0, 0.1) is 0 Å². The molecular formula is C60H47N. The Morgan fingerprint density at radius 1 is 0.279 bits per heavy atom. The zero-order valence-electron chi connectivity index (χ0n) is 35.2. The van der Waals surface area contributed by atoms with Crippen LogP contribution in [0.4, 0.5) is 17.1 Å². The van der Waals surface area contributed by atoms with Crippen molar-refractivity contribution in [2.75, 3.05) is 4.90 Å². The van der Waals surface area contributed by atoms with Crippen LogP contribution in [0.15, 0.2) is 212 Å². The lowest BCUT2D eigenvalue weighted by Gasteiger charge is -2.31. The van der Waals surface area contributed by atoms with Crippen molar-refractivity contribution in [3.8, 4) is 66.8 Å². The third-order valence-corrected chi connectivity index (χ3v) is 13.5. The second kappa shape index (κ2) is 14.2. The van der Waals surface area contributed by atoms with Gasteiger partial charge in [0.25, 0.3) is 0 Å². The molecule has 0 N–H and O–H groups in total. The second-order valence-electron chi connectivity index (χ2n) is 17.7. The van der Waals surface area contributed by atoms with Crippen LogP contribution in [-0.4, -0.2) is 0 Å². The van der Waals surface area contributed by atoms with Gasteiger partial charge in [0.1, 0.15) is 0 Å². The number of rotatable bonds is 7. The molecule has 0 radical (unpaired) electrons. The van der Waals surface area contributed by atoms with E-state index in [1.54, 1.807) is 0 Å². The third-order valence-electron chi connectivity index (χ3n) is 13.5. The molecule has 9 aromatic rings. The summed E-state index contributed by atoms with van der Waals surface area (Å²) < 4.78 is 0. The second-order valence-corrected chi connectivity index (χ2v) is 17.7. The average Bonchev–Trinajstić information content (AvgIpc) is 3.68. The third kappa shape index (κ3) is 5.91. The zero-order valence-corrected chi connectivity index (χ0v) is 35.2. The molecule has 1 nitrogen and oxygen atoms in total. The number of hydrogen-bond acceptors (Lipinski definition) is 1. The van der Waals surface area contributed by atoms with Crippen molar-refractivity contribution in [2.24, 2.45) is 0 Å². The molecule has 0 saturated carbocycles. The molecule has 9 aromatic carbocycles. The first kappa shape index (κ1) is 36.8. The van der Waals surface area contributed by atoms with Crippen molar-refractivity contribution in [2.45, 2.75) is 38.5 Å². The van der Waals surface area contributed by atoms with E-state index in [4.69, 9.17) is 0 Å². The molecule has 61 heavy (non-hydrogen) atoms. The van der Waals surface area contributed by atoms with Gasteiger partial charge in [-0.2, -0.15) is 0 Å². The average molecular weight is 782 g/mol. The predicted octanol–water partition coefficient (Wildman–Crippen LogP) is 16.4. The number of fused-ring (bicyclic) bond motifs is 6. The first-order chi connectivity index (χ1) is 29.8. The minimum absolute atomic E-state index is 0.0413.